The highest BCUT2D eigenvalue weighted by atomic mass is 19.1. The number of alkyl halides is 2. The molecule has 0 radical (unpaired) electrons. The Morgan fingerprint density at radius 3 is 2.67 bits per heavy atom. The van der Waals surface area contributed by atoms with Gasteiger partial charge in [-0.2, -0.15) is 5.26 Å². The lowest BCUT2D eigenvalue weighted by Crippen LogP contribution is -2.39. The predicted molar refractivity (Wildman–Crippen MR) is 98.9 cm³/mol. The van der Waals surface area contributed by atoms with E-state index < -0.39 is 19.4 Å². The first-order valence-corrected chi connectivity index (χ1v) is 9.15. The van der Waals surface area contributed by atoms with Gasteiger partial charge >= 0.3 is 0 Å². The van der Waals surface area contributed by atoms with E-state index >= 15 is 0 Å². The van der Waals surface area contributed by atoms with E-state index in [4.69, 9.17) is 0 Å². The maximum absolute atomic E-state index is 13.9. The Balaban J connectivity index is 1.95. The van der Waals surface area contributed by atoms with E-state index in [1.165, 1.54) is 12.1 Å². The summed E-state index contributed by atoms with van der Waals surface area (Å²) < 4.78 is 42.8. The van der Waals surface area contributed by atoms with Crippen LogP contribution in [-0.4, -0.2) is 35.4 Å². The van der Waals surface area contributed by atoms with Gasteiger partial charge in [0.05, 0.1) is 28.5 Å². The number of aromatic nitrogens is 1. The molecule has 0 unspecified atom stereocenters. The molecule has 1 aromatic heterocycles. The molecule has 0 amide bonds. The Morgan fingerprint density at radius 2 is 2.00 bits per heavy atom. The van der Waals surface area contributed by atoms with Crippen LogP contribution in [0, 0.1) is 23.1 Å². The van der Waals surface area contributed by atoms with E-state index in [2.05, 4.69) is 6.07 Å². The van der Waals surface area contributed by atoms with Crippen LogP contribution in [0.3, 0.4) is 0 Å². The van der Waals surface area contributed by atoms with Gasteiger partial charge in [-0.1, -0.05) is 12.2 Å². The molecule has 0 spiro atoms. The zero-order valence-electron chi connectivity index (χ0n) is 14.8. The van der Waals surface area contributed by atoms with Crippen LogP contribution in [0.4, 0.5) is 13.2 Å². The summed E-state index contributed by atoms with van der Waals surface area (Å²) in [6.45, 7) is -0.599. The summed E-state index contributed by atoms with van der Waals surface area (Å²) in [5, 5.41) is 10.5. The Bertz CT molecular complexity index is 959. The number of fused-ring (bicyclic) bond motifs is 1. The minimum Gasteiger partial charge on any atom is -0.358 e. The van der Waals surface area contributed by atoms with Crippen LogP contribution in [0.5, 0.6) is 0 Å². The van der Waals surface area contributed by atoms with E-state index in [1.54, 1.807) is 17.0 Å². The first-order chi connectivity index (χ1) is 13.2. The normalized spacial score (nSPS) is 16.9. The van der Waals surface area contributed by atoms with Crippen molar-refractivity contribution in [3.05, 3.63) is 53.5 Å². The molecule has 1 aromatic carbocycles. The van der Waals surface area contributed by atoms with Crippen molar-refractivity contribution in [2.75, 3.05) is 19.9 Å². The standard InChI is InChI=1S/C21H20F3N3/c22-10-16(11-23)26-8-2-1-3-19(26)21-18(12-25)17-7-6-15(24)9-20(17)27(21)13-14-4-5-14/h1-3,6-7,9,14,16H,4-5,8,10-11,13H2. The highest BCUT2D eigenvalue weighted by molar-refractivity contribution is 5.93. The van der Waals surface area contributed by atoms with Crippen molar-refractivity contribution in [1.29, 1.82) is 5.26 Å². The van der Waals surface area contributed by atoms with Crippen molar-refractivity contribution >= 4 is 16.6 Å². The van der Waals surface area contributed by atoms with Crippen molar-refractivity contribution in [3.63, 3.8) is 0 Å². The van der Waals surface area contributed by atoms with Gasteiger partial charge in [0.25, 0.3) is 0 Å². The fourth-order valence-electron chi connectivity index (χ4n) is 3.75. The molecule has 0 saturated heterocycles. The van der Waals surface area contributed by atoms with Crippen LogP contribution in [0.25, 0.3) is 16.6 Å². The molecule has 1 saturated carbocycles. The average molecular weight is 371 g/mol. The van der Waals surface area contributed by atoms with E-state index in [0.29, 0.717) is 46.9 Å². The molecular formula is C21H20F3N3. The first-order valence-electron chi connectivity index (χ1n) is 9.15. The Labute approximate surface area is 156 Å². The molecule has 6 heteroatoms. The van der Waals surface area contributed by atoms with Crippen LogP contribution >= 0.6 is 0 Å². The van der Waals surface area contributed by atoms with Gasteiger partial charge in [0, 0.05) is 18.5 Å². The minimum absolute atomic E-state index is 0.368. The van der Waals surface area contributed by atoms with Crippen LogP contribution in [-0.2, 0) is 6.54 Å². The molecule has 4 rings (SSSR count). The number of halogens is 3. The number of benzene rings is 1. The molecular weight excluding hydrogens is 351 g/mol. The van der Waals surface area contributed by atoms with Crippen LogP contribution in [0.2, 0.25) is 0 Å². The number of allylic oxidation sites excluding steroid dienone is 2. The molecule has 1 aliphatic heterocycles. The summed E-state index contributed by atoms with van der Waals surface area (Å²) in [7, 11) is 0. The van der Waals surface area contributed by atoms with Gasteiger partial charge in [-0.15, -0.1) is 0 Å². The number of hydrogen-bond acceptors (Lipinski definition) is 2. The van der Waals surface area contributed by atoms with Crippen LogP contribution in [0.15, 0.2) is 36.4 Å². The smallest absolute Gasteiger partial charge is 0.125 e. The van der Waals surface area contributed by atoms with E-state index in [0.717, 1.165) is 12.8 Å². The van der Waals surface area contributed by atoms with Crippen molar-refractivity contribution in [1.82, 2.24) is 9.47 Å². The second-order valence-corrected chi connectivity index (χ2v) is 7.15. The van der Waals surface area contributed by atoms with Gasteiger partial charge in [0.2, 0.25) is 0 Å². The van der Waals surface area contributed by atoms with Gasteiger partial charge in [-0.3, -0.25) is 0 Å². The topological polar surface area (TPSA) is 32.0 Å². The monoisotopic (exact) mass is 371 g/mol. The summed E-state index contributed by atoms with van der Waals surface area (Å²) in [5.41, 5.74) is 2.32. The van der Waals surface area contributed by atoms with Gasteiger partial charge in [0.1, 0.15) is 25.2 Å². The van der Waals surface area contributed by atoms with Gasteiger partial charge in [0.15, 0.2) is 0 Å². The summed E-state index contributed by atoms with van der Waals surface area (Å²) in [4.78, 5) is 1.66. The summed E-state index contributed by atoms with van der Waals surface area (Å²) >= 11 is 0. The molecule has 1 aliphatic carbocycles. The van der Waals surface area contributed by atoms with Gasteiger partial charge in [-0.05, 0) is 43.0 Å². The molecule has 0 N–H and O–H groups in total. The average Bonchev–Trinajstić information content (AvgIpc) is 3.45. The third kappa shape index (κ3) is 3.12. The molecule has 1 fully saturated rings. The lowest BCUT2D eigenvalue weighted by atomic mass is 10.1. The zero-order chi connectivity index (χ0) is 19.0. The summed E-state index contributed by atoms with van der Waals surface area (Å²) in [5.74, 6) is 0.119. The maximum Gasteiger partial charge on any atom is 0.125 e. The number of hydrogen-bond donors (Lipinski definition) is 0. The van der Waals surface area contributed by atoms with Crippen LogP contribution in [0.1, 0.15) is 24.1 Å². The number of nitrogens with zero attached hydrogens (tertiary/aromatic N) is 3. The van der Waals surface area contributed by atoms with Crippen molar-refractivity contribution in [2.24, 2.45) is 5.92 Å². The summed E-state index contributed by atoms with van der Waals surface area (Å²) in [6.07, 6.45) is 7.64. The predicted octanol–water partition coefficient (Wildman–Crippen LogP) is 4.58. The largest absolute Gasteiger partial charge is 0.358 e. The van der Waals surface area contributed by atoms with Crippen molar-refractivity contribution in [2.45, 2.75) is 25.4 Å². The lowest BCUT2D eigenvalue weighted by Gasteiger charge is -2.34. The number of rotatable bonds is 6. The first kappa shape index (κ1) is 17.7. The van der Waals surface area contributed by atoms with Crippen LogP contribution < -0.4 is 0 Å². The zero-order valence-corrected chi connectivity index (χ0v) is 14.8. The SMILES string of the molecule is N#Cc1c(C2=CC=CCN2C(CF)CF)n(CC2CC2)c2cc(F)ccc12. The Kier molecular flexibility index (Phi) is 4.69. The van der Waals surface area contributed by atoms with Crippen molar-refractivity contribution in [3.8, 4) is 6.07 Å². The van der Waals surface area contributed by atoms with E-state index in [-0.39, 0.29) is 5.82 Å². The molecule has 3 nitrogen and oxygen atoms in total. The third-order valence-corrected chi connectivity index (χ3v) is 5.32. The quantitative estimate of drug-likeness (QED) is 0.744. The molecule has 2 heterocycles. The maximum atomic E-state index is 13.9. The highest BCUT2D eigenvalue weighted by Gasteiger charge is 2.31. The second-order valence-electron chi connectivity index (χ2n) is 7.15. The summed E-state index contributed by atoms with van der Waals surface area (Å²) in [6, 6.07) is 5.73. The Morgan fingerprint density at radius 1 is 1.22 bits per heavy atom. The fourth-order valence-corrected chi connectivity index (χ4v) is 3.75. The van der Waals surface area contributed by atoms with Gasteiger partial charge < -0.3 is 9.47 Å². The van der Waals surface area contributed by atoms with E-state index in [9.17, 15) is 18.4 Å². The lowest BCUT2D eigenvalue weighted by molar-refractivity contribution is 0.211. The van der Waals surface area contributed by atoms with E-state index in [1.807, 2.05) is 16.7 Å². The fraction of sp³-hybridized carbons (Fsp3) is 0.381. The molecule has 2 aromatic rings. The molecule has 140 valence electrons. The second kappa shape index (κ2) is 7.15. The molecule has 27 heavy (non-hydrogen) atoms. The van der Waals surface area contributed by atoms with Crippen molar-refractivity contribution < 1.29 is 13.2 Å². The highest BCUT2D eigenvalue weighted by Crippen LogP contribution is 2.38. The molecule has 2 aliphatic rings. The third-order valence-electron chi connectivity index (χ3n) is 5.32. The van der Waals surface area contributed by atoms with Gasteiger partial charge in [-0.25, -0.2) is 13.2 Å². The number of nitriles is 1. The molecule has 0 atom stereocenters. The Hall–Kier alpha value is -2.68. The molecule has 0 bridgehead atoms. The minimum atomic E-state index is -0.906.